The molecular formula is C15H23FN2O2. The molecular weight excluding hydrogens is 259 g/mol. The lowest BCUT2D eigenvalue weighted by Gasteiger charge is -2.31. The molecule has 0 spiro atoms. The first-order valence-electron chi connectivity index (χ1n) is 7.43. The number of ether oxygens (including phenoxy) is 1. The van der Waals surface area contributed by atoms with E-state index in [1.54, 1.807) is 7.05 Å². The van der Waals surface area contributed by atoms with Crippen molar-refractivity contribution in [2.24, 2.45) is 4.99 Å². The van der Waals surface area contributed by atoms with E-state index in [-0.39, 0.29) is 18.1 Å². The van der Waals surface area contributed by atoms with Gasteiger partial charge >= 0.3 is 5.97 Å². The lowest BCUT2D eigenvalue weighted by Crippen LogP contribution is -2.42. The summed E-state index contributed by atoms with van der Waals surface area (Å²) in [6.45, 7) is 5.57. The number of carbonyl (C=O) groups is 1. The van der Waals surface area contributed by atoms with Gasteiger partial charge in [0.15, 0.2) is 6.17 Å². The summed E-state index contributed by atoms with van der Waals surface area (Å²) >= 11 is 0. The molecule has 0 saturated carbocycles. The zero-order chi connectivity index (χ0) is 14.7. The van der Waals surface area contributed by atoms with Gasteiger partial charge in [0.25, 0.3) is 0 Å². The number of fused-ring (bicyclic) bond motifs is 1. The second-order valence-electron chi connectivity index (χ2n) is 7.15. The van der Waals surface area contributed by atoms with E-state index in [9.17, 15) is 9.18 Å². The smallest absolute Gasteiger partial charge is 0.328 e. The molecule has 4 unspecified atom stereocenters. The Balaban J connectivity index is 1.89. The van der Waals surface area contributed by atoms with Gasteiger partial charge < -0.3 is 4.74 Å². The van der Waals surface area contributed by atoms with Crippen molar-refractivity contribution in [2.45, 2.75) is 75.8 Å². The van der Waals surface area contributed by atoms with Crippen LogP contribution < -0.4 is 0 Å². The number of piperidine rings is 2. The number of aliphatic imine (C=N–C) groups is 1. The fraction of sp³-hybridized carbons (Fsp3) is 0.867. The number of hydrogen-bond acceptors (Lipinski definition) is 4. The van der Waals surface area contributed by atoms with Crippen molar-refractivity contribution in [3.8, 4) is 0 Å². The van der Waals surface area contributed by atoms with Crippen LogP contribution in [0.1, 0.15) is 46.5 Å². The summed E-state index contributed by atoms with van der Waals surface area (Å²) in [7, 11) is 1.64. The normalized spacial score (nSPS) is 45.0. The fourth-order valence-corrected chi connectivity index (χ4v) is 3.98. The Kier molecular flexibility index (Phi) is 2.98. The molecule has 0 N–H and O–H groups in total. The predicted octanol–water partition coefficient (Wildman–Crippen LogP) is 2.12. The summed E-state index contributed by atoms with van der Waals surface area (Å²) in [5.74, 6) is -0.250. The summed E-state index contributed by atoms with van der Waals surface area (Å²) in [6, 6.07) is -0.0933. The summed E-state index contributed by atoms with van der Waals surface area (Å²) in [4.78, 5) is 18.7. The molecule has 112 valence electrons. The summed E-state index contributed by atoms with van der Waals surface area (Å²) in [5, 5.41) is 0. The molecule has 3 fully saturated rings. The van der Waals surface area contributed by atoms with Crippen molar-refractivity contribution in [2.75, 3.05) is 7.05 Å². The van der Waals surface area contributed by atoms with Crippen LogP contribution in [0.3, 0.4) is 0 Å². The fourth-order valence-electron chi connectivity index (χ4n) is 3.98. The number of halogens is 1. The highest BCUT2D eigenvalue weighted by Gasteiger charge is 2.76. The van der Waals surface area contributed by atoms with E-state index in [0.717, 1.165) is 12.8 Å². The third kappa shape index (κ3) is 1.82. The van der Waals surface area contributed by atoms with Gasteiger partial charge in [0, 0.05) is 25.2 Å². The molecule has 0 aromatic carbocycles. The van der Waals surface area contributed by atoms with Gasteiger partial charge in [-0.1, -0.05) is 0 Å². The molecule has 3 heterocycles. The molecule has 5 atom stereocenters. The topological polar surface area (TPSA) is 41.7 Å². The summed E-state index contributed by atoms with van der Waals surface area (Å²) in [5.41, 5.74) is -0.634. The second kappa shape index (κ2) is 4.26. The van der Waals surface area contributed by atoms with Gasteiger partial charge in [0.2, 0.25) is 0 Å². The van der Waals surface area contributed by atoms with Gasteiger partial charge in [-0.2, -0.15) is 0 Å². The quantitative estimate of drug-likeness (QED) is 0.546. The van der Waals surface area contributed by atoms with E-state index in [2.05, 4.69) is 9.89 Å². The third-order valence-corrected chi connectivity index (χ3v) is 4.75. The van der Waals surface area contributed by atoms with Crippen LogP contribution >= 0.6 is 0 Å². The van der Waals surface area contributed by atoms with Crippen LogP contribution in [0, 0.1) is 0 Å². The number of carbonyl (C=O) groups excluding carboxylic acids is 1. The summed E-state index contributed by atoms with van der Waals surface area (Å²) < 4.78 is 20.1. The predicted molar refractivity (Wildman–Crippen MR) is 74.7 cm³/mol. The molecule has 0 amide bonds. The molecule has 3 aliphatic rings. The van der Waals surface area contributed by atoms with Gasteiger partial charge in [-0.15, -0.1) is 0 Å². The van der Waals surface area contributed by atoms with E-state index < -0.39 is 17.3 Å². The van der Waals surface area contributed by atoms with Crippen LogP contribution in [-0.4, -0.2) is 53.0 Å². The van der Waals surface area contributed by atoms with Crippen LogP contribution in [0.4, 0.5) is 4.39 Å². The standard InChI is InChI=1S/C15H23FN2O2/c1-14(2,3)20-13(19)15-7-5-6-9-8-10(17-4)11(16)12(15)18(9)15/h9,11-12H,5-8H2,1-4H3/t9?,11-,12?,15?,18?/m0/s1. The molecule has 3 saturated heterocycles. The summed E-state index contributed by atoms with van der Waals surface area (Å²) in [6.07, 6.45) is 2.22. The van der Waals surface area contributed by atoms with Crippen molar-refractivity contribution in [3.63, 3.8) is 0 Å². The first kappa shape index (κ1) is 14.0. The SMILES string of the molecule is CN=C1CC2CCCC3(C(=O)OC(C)(C)C)C([C@H]1F)N23. The van der Waals surface area contributed by atoms with Gasteiger partial charge in [-0.25, -0.2) is 9.18 Å². The van der Waals surface area contributed by atoms with Crippen molar-refractivity contribution >= 4 is 11.7 Å². The first-order valence-corrected chi connectivity index (χ1v) is 7.43. The maximum Gasteiger partial charge on any atom is 0.328 e. The molecule has 20 heavy (non-hydrogen) atoms. The number of rotatable bonds is 1. The molecule has 4 nitrogen and oxygen atoms in total. The highest BCUT2D eigenvalue weighted by molar-refractivity contribution is 5.97. The zero-order valence-corrected chi connectivity index (χ0v) is 12.6. The molecule has 0 radical (unpaired) electrons. The van der Waals surface area contributed by atoms with E-state index in [1.807, 2.05) is 20.8 Å². The zero-order valence-electron chi connectivity index (χ0n) is 12.6. The maximum atomic E-state index is 14.6. The Morgan fingerprint density at radius 2 is 2.20 bits per heavy atom. The van der Waals surface area contributed by atoms with Crippen molar-refractivity contribution in [1.82, 2.24) is 4.90 Å². The Bertz CT molecular complexity index is 471. The molecule has 3 aliphatic heterocycles. The minimum atomic E-state index is -1.12. The molecule has 0 bridgehead atoms. The Hall–Kier alpha value is -0.970. The van der Waals surface area contributed by atoms with E-state index in [0.29, 0.717) is 18.6 Å². The molecule has 0 aromatic heterocycles. The number of alkyl halides is 1. The van der Waals surface area contributed by atoms with Gasteiger partial charge in [-0.05, 0) is 40.0 Å². The Labute approximate surface area is 119 Å². The molecule has 0 aromatic rings. The Morgan fingerprint density at radius 1 is 1.50 bits per heavy atom. The largest absolute Gasteiger partial charge is 0.459 e. The van der Waals surface area contributed by atoms with Crippen molar-refractivity contribution < 1.29 is 13.9 Å². The highest BCUT2D eigenvalue weighted by atomic mass is 19.1. The Morgan fingerprint density at radius 3 is 2.80 bits per heavy atom. The molecule has 5 heteroatoms. The van der Waals surface area contributed by atoms with E-state index >= 15 is 0 Å². The first-order chi connectivity index (χ1) is 9.31. The lowest BCUT2D eigenvalue weighted by atomic mass is 9.93. The second-order valence-corrected chi connectivity index (χ2v) is 7.15. The van der Waals surface area contributed by atoms with Gasteiger partial charge in [-0.3, -0.25) is 9.89 Å². The average Bonchev–Trinajstić information content (AvgIpc) is 3.04. The number of esters is 1. The average molecular weight is 282 g/mol. The van der Waals surface area contributed by atoms with Crippen LogP contribution in [0.25, 0.3) is 0 Å². The molecule has 0 aliphatic carbocycles. The molecule has 3 rings (SSSR count). The van der Waals surface area contributed by atoms with Crippen molar-refractivity contribution in [3.05, 3.63) is 0 Å². The van der Waals surface area contributed by atoms with E-state index in [4.69, 9.17) is 4.74 Å². The maximum absolute atomic E-state index is 14.6. The number of hydrogen-bond donors (Lipinski definition) is 0. The van der Waals surface area contributed by atoms with Crippen LogP contribution in [0.15, 0.2) is 4.99 Å². The number of nitrogens with zero attached hydrogens (tertiary/aromatic N) is 2. The third-order valence-electron chi connectivity index (χ3n) is 4.75. The monoisotopic (exact) mass is 282 g/mol. The van der Waals surface area contributed by atoms with Gasteiger partial charge in [0.05, 0.1) is 6.04 Å². The van der Waals surface area contributed by atoms with Crippen LogP contribution in [-0.2, 0) is 9.53 Å². The van der Waals surface area contributed by atoms with Crippen LogP contribution in [0.2, 0.25) is 0 Å². The van der Waals surface area contributed by atoms with Crippen molar-refractivity contribution in [1.29, 1.82) is 0 Å². The van der Waals surface area contributed by atoms with E-state index in [1.165, 1.54) is 0 Å². The lowest BCUT2D eigenvalue weighted by molar-refractivity contribution is -0.160. The van der Waals surface area contributed by atoms with Crippen LogP contribution in [0.5, 0.6) is 0 Å². The van der Waals surface area contributed by atoms with Gasteiger partial charge in [0.1, 0.15) is 11.1 Å². The highest BCUT2D eigenvalue weighted by Crippen LogP contribution is 2.57. The minimum absolute atomic E-state index is 0.250. The minimum Gasteiger partial charge on any atom is -0.459 e.